The highest BCUT2D eigenvalue weighted by Crippen LogP contribution is 2.35. The summed E-state index contributed by atoms with van der Waals surface area (Å²) in [6.45, 7) is 1.46. The van der Waals surface area contributed by atoms with Gasteiger partial charge in [-0.2, -0.15) is 0 Å². The molecule has 0 aliphatic carbocycles. The minimum absolute atomic E-state index is 0.0726. The maximum atomic E-state index is 12.9. The van der Waals surface area contributed by atoms with E-state index in [1.165, 1.54) is 7.11 Å². The first kappa shape index (κ1) is 17.0. The van der Waals surface area contributed by atoms with Crippen LogP contribution in [0.3, 0.4) is 0 Å². The Morgan fingerprint density at radius 3 is 2.68 bits per heavy atom. The highest BCUT2D eigenvalue weighted by Gasteiger charge is 2.20. The molecule has 0 atom stereocenters. The molecule has 0 unspecified atom stereocenters. The third-order valence-corrected chi connectivity index (χ3v) is 4.01. The van der Waals surface area contributed by atoms with Crippen molar-refractivity contribution in [3.05, 3.63) is 63.3 Å². The molecule has 0 saturated carbocycles. The molecule has 0 fully saturated rings. The Labute approximate surface area is 148 Å². The van der Waals surface area contributed by atoms with E-state index in [4.69, 9.17) is 20.8 Å². The number of methoxy groups -OCH3 is 1. The normalized spacial score (nSPS) is 10.7. The van der Waals surface area contributed by atoms with E-state index < -0.39 is 12.6 Å². The Kier molecular flexibility index (Phi) is 4.76. The van der Waals surface area contributed by atoms with Crippen LogP contribution in [0.1, 0.15) is 5.56 Å². The predicted molar refractivity (Wildman–Crippen MR) is 95.2 cm³/mol. The van der Waals surface area contributed by atoms with E-state index in [1.807, 2.05) is 13.0 Å². The molecule has 0 amide bonds. The molecule has 0 aliphatic rings. The topological polar surface area (TPSA) is 65.7 Å². The van der Waals surface area contributed by atoms with Gasteiger partial charge in [0.1, 0.15) is 5.58 Å². The first-order valence-corrected chi connectivity index (χ1v) is 7.91. The fourth-order valence-electron chi connectivity index (χ4n) is 2.44. The summed E-state index contributed by atoms with van der Waals surface area (Å²) >= 11 is 6.24. The minimum atomic E-state index is -0.603. The number of benzene rings is 2. The van der Waals surface area contributed by atoms with Crippen molar-refractivity contribution in [3.63, 3.8) is 0 Å². The van der Waals surface area contributed by atoms with Crippen LogP contribution in [0.2, 0.25) is 5.02 Å². The SMILES string of the molecule is COC(=O)COc1c(-c2ccccc2Cl)oc2ccc(C)cc2c1=O. The summed E-state index contributed by atoms with van der Waals surface area (Å²) in [6.07, 6.45) is 0. The highest BCUT2D eigenvalue weighted by atomic mass is 35.5. The van der Waals surface area contributed by atoms with Gasteiger partial charge in [0.2, 0.25) is 11.2 Å². The van der Waals surface area contributed by atoms with Crippen molar-refractivity contribution >= 4 is 28.5 Å². The molecule has 2 aromatic carbocycles. The molecule has 5 nitrogen and oxygen atoms in total. The van der Waals surface area contributed by atoms with Crippen LogP contribution in [-0.4, -0.2) is 19.7 Å². The molecule has 0 bridgehead atoms. The number of carbonyl (C=O) groups excluding carboxylic acids is 1. The first-order chi connectivity index (χ1) is 12.0. The third-order valence-electron chi connectivity index (χ3n) is 3.68. The Morgan fingerprint density at radius 1 is 1.20 bits per heavy atom. The highest BCUT2D eigenvalue weighted by molar-refractivity contribution is 6.33. The summed E-state index contributed by atoms with van der Waals surface area (Å²) in [6, 6.07) is 12.2. The van der Waals surface area contributed by atoms with E-state index in [-0.39, 0.29) is 16.9 Å². The van der Waals surface area contributed by atoms with Crippen LogP contribution in [0, 0.1) is 6.92 Å². The van der Waals surface area contributed by atoms with Crippen LogP contribution in [0.25, 0.3) is 22.3 Å². The minimum Gasteiger partial charge on any atom is -0.474 e. The van der Waals surface area contributed by atoms with Gasteiger partial charge in [0.05, 0.1) is 17.5 Å². The van der Waals surface area contributed by atoms with Gasteiger partial charge in [-0.1, -0.05) is 35.4 Å². The molecule has 25 heavy (non-hydrogen) atoms. The molecule has 1 aromatic heterocycles. The first-order valence-electron chi connectivity index (χ1n) is 7.53. The zero-order chi connectivity index (χ0) is 18.0. The van der Waals surface area contributed by atoms with E-state index >= 15 is 0 Å². The number of ether oxygens (including phenoxy) is 2. The van der Waals surface area contributed by atoms with Crippen LogP contribution >= 0.6 is 11.6 Å². The molecule has 0 aliphatic heterocycles. The van der Waals surface area contributed by atoms with Gasteiger partial charge in [0, 0.05) is 5.56 Å². The van der Waals surface area contributed by atoms with Gasteiger partial charge in [-0.3, -0.25) is 4.79 Å². The zero-order valence-corrected chi connectivity index (χ0v) is 14.4. The number of rotatable bonds is 4. The summed E-state index contributed by atoms with van der Waals surface area (Å²) in [5.41, 5.74) is 1.45. The number of hydrogen-bond donors (Lipinski definition) is 0. The van der Waals surface area contributed by atoms with E-state index in [9.17, 15) is 9.59 Å². The van der Waals surface area contributed by atoms with Gasteiger partial charge < -0.3 is 13.9 Å². The van der Waals surface area contributed by atoms with E-state index in [0.717, 1.165) is 5.56 Å². The van der Waals surface area contributed by atoms with Crippen molar-refractivity contribution in [2.24, 2.45) is 0 Å². The molecule has 0 spiro atoms. The van der Waals surface area contributed by atoms with E-state index in [1.54, 1.807) is 36.4 Å². The number of hydrogen-bond acceptors (Lipinski definition) is 5. The molecule has 3 rings (SSSR count). The monoisotopic (exact) mass is 358 g/mol. The van der Waals surface area contributed by atoms with Crippen LogP contribution in [0.4, 0.5) is 0 Å². The number of esters is 1. The fraction of sp³-hybridized carbons (Fsp3) is 0.158. The van der Waals surface area contributed by atoms with Crippen molar-refractivity contribution in [2.75, 3.05) is 13.7 Å². The summed E-state index contributed by atoms with van der Waals surface area (Å²) in [5.74, 6) is -0.499. The molecule has 1 heterocycles. The van der Waals surface area contributed by atoms with Crippen molar-refractivity contribution < 1.29 is 18.7 Å². The summed E-state index contributed by atoms with van der Waals surface area (Å²) in [4.78, 5) is 24.3. The zero-order valence-electron chi connectivity index (χ0n) is 13.7. The van der Waals surface area contributed by atoms with E-state index in [0.29, 0.717) is 21.6 Å². The van der Waals surface area contributed by atoms with Gasteiger partial charge in [-0.15, -0.1) is 0 Å². The lowest BCUT2D eigenvalue weighted by Gasteiger charge is -2.12. The molecule has 0 N–H and O–H groups in total. The molecular weight excluding hydrogens is 344 g/mol. The maximum Gasteiger partial charge on any atom is 0.343 e. The second kappa shape index (κ2) is 6.99. The summed E-state index contributed by atoms with van der Waals surface area (Å²) in [7, 11) is 1.24. The van der Waals surface area contributed by atoms with Crippen molar-refractivity contribution in [1.82, 2.24) is 0 Å². The average Bonchev–Trinajstić information content (AvgIpc) is 2.61. The van der Waals surface area contributed by atoms with Crippen molar-refractivity contribution in [3.8, 4) is 17.1 Å². The molecule has 3 aromatic rings. The van der Waals surface area contributed by atoms with Crippen LogP contribution in [-0.2, 0) is 9.53 Å². The van der Waals surface area contributed by atoms with Crippen LogP contribution in [0.5, 0.6) is 5.75 Å². The molecule has 0 saturated heterocycles. The van der Waals surface area contributed by atoms with Crippen molar-refractivity contribution in [2.45, 2.75) is 6.92 Å². The lowest BCUT2D eigenvalue weighted by molar-refractivity contribution is -0.142. The lowest BCUT2D eigenvalue weighted by Crippen LogP contribution is -2.17. The average molecular weight is 359 g/mol. The number of aryl methyl sites for hydroxylation is 1. The number of carbonyl (C=O) groups is 1. The fourth-order valence-corrected chi connectivity index (χ4v) is 2.66. The van der Waals surface area contributed by atoms with Crippen molar-refractivity contribution in [1.29, 1.82) is 0 Å². The predicted octanol–water partition coefficient (Wildman–Crippen LogP) is 3.97. The second-order valence-corrected chi connectivity index (χ2v) is 5.84. The molecule has 6 heteroatoms. The Balaban J connectivity index is 2.26. The van der Waals surface area contributed by atoms with Gasteiger partial charge >= 0.3 is 5.97 Å². The molecule has 0 radical (unpaired) electrons. The van der Waals surface area contributed by atoms with Gasteiger partial charge in [0.25, 0.3) is 0 Å². The molecule has 128 valence electrons. The maximum absolute atomic E-state index is 12.9. The number of fused-ring (bicyclic) bond motifs is 1. The van der Waals surface area contributed by atoms with Gasteiger partial charge in [-0.25, -0.2) is 4.79 Å². The van der Waals surface area contributed by atoms with Gasteiger partial charge in [-0.05, 0) is 31.2 Å². The summed E-state index contributed by atoms with van der Waals surface area (Å²) in [5, 5.41) is 0.774. The Morgan fingerprint density at radius 2 is 1.96 bits per heavy atom. The lowest BCUT2D eigenvalue weighted by atomic mass is 10.1. The second-order valence-electron chi connectivity index (χ2n) is 5.43. The van der Waals surface area contributed by atoms with Crippen LogP contribution in [0.15, 0.2) is 51.7 Å². The quantitative estimate of drug-likeness (QED) is 0.660. The van der Waals surface area contributed by atoms with E-state index in [2.05, 4.69) is 4.74 Å². The summed E-state index contributed by atoms with van der Waals surface area (Å²) < 4.78 is 15.9. The largest absolute Gasteiger partial charge is 0.474 e. The van der Waals surface area contributed by atoms with Crippen LogP contribution < -0.4 is 10.2 Å². The van der Waals surface area contributed by atoms with Gasteiger partial charge in [0.15, 0.2) is 12.4 Å². The smallest absolute Gasteiger partial charge is 0.343 e. The standard InChI is InChI=1S/C19H15ClO5/c1-11-7-8-15-13(9-11)17(22)19(24-10-16(21)23-2)18(25-15)12-5-3-4-6-14(12)20/h3-9H,10H2,1-2H3. The number of halogens is 1. The third kappa shape index (κ3) is 3.37. The Hall–Kier alpha value is -2.79. The Bertz CT molecular complexity index is 1010. The molecular formula is C19H15ClO5.